The molecular formula is C13H22N4S. The van der Waals surface area contributed by atoms with E-state index in [-0.39, 0.29) is 0 Å². The van der Waals surface area contributed by atoms with E-state index in [2.05, 4.69) is 22.3 Å². The van der Waals surface area contributed by atoms with Crippen LogP contribution in [0.4, 0.5) is 5.82 Å². The topological polar surface area (TPSA) is 63.8 Å². The summed E-state index contributed by atoms with van der Waals surface area (Å²) in [6, 6.07) is 1.91. The van der Waals surface area contributed by atoms with Gasteiger partial charge in [0.25, 0.3) is 0 Å². The van der Waals surface area contributed by atoms with Crippen molar-refractivity contribution in [1.82, 2.24) is 9.97 Å². The summed E-state index contributed by atoms with van der Waals surface area (Å²) >= 11 is 2.00. The Hall–Kier alpha value is -0.810. The van der Waals surface area contributed by atoms with Crippen LogP contribution in [0.5, 0.6) is 0 Å². The molecule has 18 heavy (non-hydrogen) atoms. The Labute approximate surface area is 113 Å². The molecule has 0 saturated heterocycles. The minimum atomic E-state index is 0.723. The highest BCUT2D eigenvalue weighted by Crippen LogP contribution is 2.29. The van der Waals surface area contributed by atoms with Gasteiger partial charge in [-0.3, -0.25) is 0 Å². The molecule has 0 radical (unpaired) electrons. The summed E-state index contributed by atoms with van der Waals surface area (Å²) in [5, 5.41) is 0.793. The lowest BCUT2D eigenvalue weighted by atomic mass is 10.0. The summed E-state index contributed by atoms with van der Waals surface area (Å²) in [6.07, 6.45) is 7.77. The predicted molar refractivity (Wildman–Crippen MR) is 77.4 cm³/mol. The third kappa shape index (κ3) is 3.85. The number of hydrogen-bond donors (Lipinski definition) is 2. The van der Waals surface area contributed by atoms with Crippen molar-refractivity contribution in [1.29, 1.82) is 0 Å². The lowest BCUT2D eigenvalue weighted by Gasteiger charge is -2.20. The first-order valence-corrected chi connectivity index (χ1v) is 7.81. The minimum Gasteiger partial charge on any atom is -0.308 e. The van der Waals surface area contributed by atoms with Gasteiger partial charge in [-0.1, -0.05) is 26.2 Å². The van der Waals surface area contributed by atoms with E-state index >= 15 is 0 Å². The van der Waals surface area contributed by atoms with Crippen molar-refractivity contribution < 1.29 is 0 Å². The van der Waals surface area contributed by atoms with E-state index in [1.165, 1.54) is 32.1 Å². The van der Waals surface area contributed by atoms with Crippen LogP contribution in [0.15, 0.2) is 6.07 Å². The van der Waals surface area contributed by atoms with Gasteiger partial charge in [-0.15, -0.1) is 0 Å². The number of aryl methyl sites for hydroxylation is 1. The van der Waals surface area contributed by atoms with Crippen LogP contribution in [0.25, 0.3) is 0 Å². The van der Waals surface area contributed by atoms with Crippen molar-refractivity contribution in [2.45, 2.75) is 56.5 Å². The molecule has 0 unspecified atom stereocenters. The molecule has 0 aliphatic heterocycles. The molecule has 1 aliphatic rings. The van der Waals surface area contributed by atoms with Crippen LogP contribution < -0.4 is 11.3 Å². The zero-order valence-corrected chi connectivity index (χ0v) is 11.8. The molecule has 1 saturated carbocycles. The lowest BCUT2D eigenvalue weighted by molar-refractivity contribution is 0.516. The zero-order chi connectivity index (χ0) is 12.8. The quantitative estimate of drug-likeness (QED) is 0.634. The summed E-state index contributed by atoms with van der Waals surface area (Å²) in [4.78, 5) is 8.97. The molecule has 3 N–H and O–H groups in total. The van der Waals surface area contributed by atoms with Crippen LogP contribution in [0.1, 0.15) is 50.5 Å². The number of nitrogens with one attached hydrogen (secondary N) is 1. The highest BCUT2D eigenvalue weighted by molar-refractivity contribution is 7.99. The second-order valence-electron chi connectivity index (χ2n) is 4.73. The molecule has 1 aromatic heterocycles. The largest absolute Gasteiger partial charge is 0.308 e. The second-order valence-corrected chi connectivity index (χ2v) is 6.02. The zero-order valence-electron chi connectivity index (χ0n) is 11.0. The molecule has 2 rings (SSSR count). The maximum Gasteiger partial charge on any atom is 0.143 e. The summed E-state index contributed by atoms with van der Waals surface area (Å²) in [5.41, 5.74) is 3.67. The molecule has 0 spiro atoms. The van der Waals surface area contributed by atoms with Gasteiger partial charge in [0.05, 0.1) is 5.75 Å². The summed E-state index contributed by atoms with van der Waals surface area (Å²) in [7, 11) is 0. The van der Waals surface area contributed by atoms with Crippen LogP contribution in [0.2, 0.25) is 0 Å². The van der Waals surface area contributed by atoms with E-state index in [4.69, 9.17) is 5.84 Å². The molecule has 1 heterocycles. The molecule has 100 valence electrons. The first-order chi connectivity index (χ1) is 8.81. The summed E-state index contributed by atoms with van der Waals surface area (Å²) in [5.74, 6) is 7.95. The van der Waals surface area contributed by atoms with E-state index in [0.717, 1.165) is 34.8 Å². The number of rotatable bonds is 5. The number of thioether (sulfide) groups is 1. The smallest absolute Gasteiger partial charge is 0.143 e. The second kappa shape index (κ2) is 6.95. The van der Waals surface area contributed by atoms with Gasteiger partial charge in [0.1, 0.15) is 11.6 Å². The Kier molecular flexibility index (Phi) is 5.26. The highest BCUT2D eigenvalue weighted by atomic mass is 32.2. The number of nitrogens with zero attached hydrogens (tertiary/aromatic N) is 2. The van der Waals surface area contributed by atoms with Crippen LogP contribution in [-0.4, -0.2) is 15.2 Å². The fraction of sp³-hybridized carbons (Fsp3) is 0.692. The fourth-order valence-electron chi connectivity index (χ4n) is 2.30. The van der Waals surface area contributed by atoms with Crippen molar-refractivity contribution in [3.8, 4) is 0 Å². The molecule has 1 fully saturated rings. The van der Waals surface area contributed by atoms with E-state index in [1.807, 2.05) is 17.8 Å². The van der Waals surface area contributed by atoms with Crippen molar-refractivity contribution in [3.63, 3.8) is 0 Å². The molecular weight excluding hydrogens is 244 g/mol. The Bertz CT molecular complexity index is 355. The Balaban J connectivity index is 1.94. The molecule has 5 heteroatoms. The molecule has 1 aliphatic carbocycles. The average Bonchev–Trinajstić information content (AvgIpc) is 2.45. The third-order valence-corrected chi connectivity index (χ3v) is 4.70. The Morgan fingerprint density at radius 1 is 1.33 bits per heavy atom. The first-order valence-electron chi connectivity index (χ1n) is 6.77. The fourth-order valence-corrected chi connectivity index (χ4v) is 3.48. The summed E-state index contributed by atoms with van der Waals surface area (Å²) < 4.78 is 0. The monoisotopic (exact) mass is 266 g/mol. The van der Waals surface area contributed by atoms with Gasteiger partial charge in [-0.2, -0.15) is 11.8 Å². The van der Waals surface area contributed by atoms with E-state index in [0.29, 0.717) is 0 Å². The number of aromatic nitrogens is 2. The first kappa shape index (κ1) is 13.6. The van der Waals surface area contributed by atoms with Crippen molar-refractivity contribution in [2.75, 3.05) is 5.43 Å². The van der Waals surface area contributed by atoms with Crippen LogP contribution >= 0.6 is 11.8 Å². The Morgan fingerprint density at radius 3 is 2.78 bits per heavy atom. The number of nitrogens with two attached hydrogens (primary N) is 1. The minimum absolute atomic E-state index is 0.723. The number of hydrogen-bond acceptors (Lipinski definition) is 5. The van der Waals surface area contributed by atoms with Crippen molar-refractivity contribution in [3.05, 3.63) is 17.6 Å². The highest BCUT2D eigenvalue weighted by Gasteiger charge is 2.14. The number of hydrazine groups is 1. The molecule has 0 aromatic carbocycles. The van der Waals surface area contributed by atoms with Gasteiger partial charge in [-0.25, -0.2) is 15.8 Å². The molecule has 0 bridgehead atoms. The predicted octanol–water partition coefficient (Wildman–Crippen LogP) is 2.89. The molecule has 0 amide bonds. The van der Waals surface area contributed by atoms with Gasteiger partial charge in [-0.05, 0) is 19.3 Å². The van der Waals surface area contributed by atoms with Gasteiger partial charge >= 0.3 is 0 Å². The summed E-state index contributed by atoms with van der Waals surface area (Å²) in [6.45, 7) is 2.10. The average molecular weight is 266 g/mol. The van der Waals surface area contributed by atoms with Gasteiger partial charge in [0.2, 0.25) is 0 Å². The Morgan fingerprint density at radius 2 is 2.11 bits per heavy atom. The van der Waals surface area contributed by atoms with Crippen LogP contribution in [-0.2, 0) is 12.2 Å². The van der Waals surface area contributed by atoms with Gasteiger partial charge < -0.3 is 5.43 Å². The number of anilines is 1. The molecule has 0 atom stereocenters. The van der Waals surface area contributed by atoms with Crippen LogP contribution in [0, 0.1) is 0 Å². The van der Waals surface area contributed by atoms with Gasteiger partial charge in [0, 0.05) is 17.0 Å². The molecule has 4 nitrogen and oxygen atoms in total. The lowest BCUT2D eigenvalue weighted by Crippen LogP contribution is -2.12. The van der Waals surface area contributed by atoms with Crippen LogP contribution in [0.3, 0.4) is 0 Å². The maximum atomic E-state index is 5.43. The number of nitrogen functional groups attached to an aromatic ring is 1. The normalized spacial score (nSPS) is 16.8. The standard InChI is InChI=1S/C13H22N4S/c1-2-10-8-12(17-14)16-13(15-10)9-18-11-6-4-3-5-7-11/h8,11H,2-7,9,14H2,1H3,(H,15,16,17). The van der Waals surface area contributed by atoms with Crippen molar-refractivity contribution in [2.24, 2.45) is 5.84 Å². The van der Waals surface area contributed by atoms with Crippen molar-refractivity contribution >= 4 is 17.6 Å². The third-order valence-electron chi connectivity index (χ3n) is 3.34. The van der Waals surface area contributed by atoms with E-state index < -0.39 is 0 Å². The van der Waals surface area contributed by atoms with E-state index in [9.17, 15) is 0 Å². The maximum absolute atomic E-state index is 5.43. The van der Waals surface area contributed by atoms with Gasteiger partial charge in [0.15, 0.2) is 0 Å². The SMILES string of the molecule is CCc1cc(NN)nc(CSC2CCCCC2)n1. The molecule has 1 aromatic rings. The van der Waals surface area contributed by atoms with E-state index in [1.54, 1.807) is 0 Å².